The predicted octanol–water partition coefficient (Wildman–Crippen LogP) is 3.01. The van der Waals surface area contributed by atoms with Crippen molar-refractivity contribution in [3.05, 3.63) is 53.0 Å². The molecule has 1 heterocycles. The molecule has 27 heavy (non-hydrogen) atoms. The van der Waals surface area contributed by atoms with Gasteiger partial charge in [-0.1, -0.05) is 12.1 Å². The Hall–Kier alpha value is -2.54. The number of nitrogens with one attached hydrogen (secondary N) is 1. The zero-order valence-corrected chi connectivity index (χ0v) is 16.6. The number of carbonyl (C=O) groups excluding carboxylic acids is 2. The van der Waals surface area contributed by atoms with Gasteiger partial charge < -0.3 is 19.7 Å². The first-order valence-electron chi connectivity index (χ1n) is 8.68. The molecule has 1 fully saturated rings. The smallest absolute Gasteiger partial charge is 0.227 e. The number of hydrogen-bond donors (Lipinski definition) is 1. The van der Waals surface area contributed by atoms with Gasteiger partial charge in [0.2, 0.25) is 11.8 Å². The summed E-state index contributed by atoms with van der Waals surface area (Å²) < 4.78 is 11.5. The monoisotopic (exact) mass is 432 g/mol. The molecule has 1 N–H and O–H groups in total. The van der Waals surface area contributed by atoms with Crippen LogP contribution in [0.25, 0.3) is 0 Å². The molecule has 1 aliphatic heterocycles. The third kappa shape index (κ3) is 4.80. The van der Waals surface area contributed by atoms with E-state index < -0.39 is 0 Å². The summed E-state index contributed by atoms with van der Waals surface area (Å²) in [5.74, 6) is 0.940. The summed E-state index contributed by atoms with van der Waals surface area (Å²) in [6.45, 7) is 1.11. The topological polar surface area (TPSA) is 67.9 Å². The number of rotatable bonds is 7. The summed E-state index contributed by atoms with van der Waals surface area (Å²) in [5.41, 5.74) is 0.792. The number of nitrogens with zero attached hydrogens (tertiary/aromatic N) is 1. The minimum atomic E-state index is -0.356. The summed E-state index contributed by atoms with van der Waals surface area (Å²) in [6, 6.07) is 14.8. The van der Waals surface area contributed by atoms with Crippen molar-refractivity contribution < 1.29 is 19.1 Å². The van der Waals surface area contributed by atoms with Crippen molar-refractivity contribution in [1.82, 2.24) is 5.32 Å². The van der Waals surface area contributed by atoms with E-state index in [1.165, 1.54) is 0 Å². The summed E-state index contributed by atoms with van der Waals surface area (Å²) in [4.78, 5) is 26.3. The average molecular weight is 433 g/mol. The van der Waals surface area contributed by atoms with Crippen LogP contribution < -0.4 is 19.7 Å². The van der Waals surface area contributed by atoms with Crippen molar-refractivity contribution >= 4 is 33.4 Å². The largest absolute Gasteiger partial charge is 0.497 e. The number of benzene rings is 2. The molecule has 0 saturated carbocycles. The Labute approximate surface area is 166 Å². The zero-order valence-electron chi connectivity index (χ0n) is 15.0. The van der Waals surface area contributed by atoms with Gasteiger partial charge in [-0.3, -0.25) is 9.59 Å². The molecule has 7 heteroatoms. The number of hydrogen-bond acceptors (Lipinski definition) is 4. The molecule has 1 saturated heterocycles. The van der Waals surface area contributed by atoms with Gasteiger partial charge in [-0.25, -0.2) is 0 Å². The highest BCUT2D eigenvalue weighted by Crippen LogP contribution is 2.31. The average Bonchev–Trinajstić information content (AvgIpc) is 3.07. The van der Waals surface area contributed by atoms with Crippen LogP contribution in [0.15, 0.2) is 53.0 Å². The van der Waals surface area contributed by atoms with E-state index in [9.17, 15) is 9.59 Å². The number of amides is 2. The van der Waals surface area contributed by atoms with E-state index in [0.717, 1.165) is 15.9 Å². The first-order chi connectivity index (χ1) is 13.1. The van der Waals surface area contributed by atoms with E-state index in [-0.39, 0.29) is 24.2 Å². The van der Waals surface area contributed by atoms with Crippen molar-refractivity contribution in [3.63, 3.8) is 0 Å². The highest BCUT2D eigenvalue weighted by atomic mass is 79.9. The summed E-state index contributed by atoms with van der Waals surface area (Å²) in [5, 5.41) is 2.85. The summed E-state index contributed by atoms with van der Waals surface area (Å²) >= 11 is 3.45. The fourth-order valence-electron chi connectivity index (χ4n) is 2.95. The highest BCUT2D eigenvalue weighted by molar-refractivity contribution is 9.10. The minimum Gasteiger partial charge on any atom is -0.497 e. The number of ether oxygens (including phenoxy) is 2. The maximum Gasteiger partial charge on any atom is 0.227 e. The van der Waals surface area contributed by atoms with Crippen LogP contribution in [0, 0.1) is 5.92 Å². The molecule has 1 aliphatic rings. The molecule has 0 bridgehead atoms. The second-order valence-electron chi connectivity index (χ2n) is 6.17. The third-order valence-corrected chi connectivity index (χ3v) is 5.04. The van der Waals surface area contributed by atoms with Crippen LogP contribution in [-0.4, -0.2) is 38.6 Å². The lowest BCUT2D eigenvalue weighted by Crippen LogP contribution is -2.35. The molecule has 2 aromatic carbocycles. The number of methoxy groups -OCH3 is 1. The molecule has 142 valence electrons. The Morgan fingerprint density at radius 2 is 1.89 bits per heavy atom. The molecule has 0 aromatic heterocycles. The molecule has 0 unspecified atom stereocenters. The Balaban J connectivity index is 1.46. The molecule has 3 rings (SSSR count). The van der Waals surface area contributed by atoms with E-state index >= 15 is 0 Å². The number of halogens is 1. The first kappa shape index (κ1) is 19.2. The lowest BCUT2D eigenvalue weighted by atomic mass is 10.1. The van der Waals surface area contributed by atoms with E-state index in [4.69, 9.17) is 9.47 Å². The van der Waals surface area contributed by atoms with Gasteiger partial charge in [-0.05, 0) is 52.3 Å². The molecule has 0 aliphatic carbocycles. The van der Waals surface area contributed by atoms with Gasteiger partial charge in [0.15, 0.2) is 0 Å². The normalized spacial score (nSPS) is 16.3. The molecule has 2 aromatic rings. The molecule has 6 nitrogen and oxygen atoms in total. The van der Waals surface area contributed by atoms with Crippen LogP contribution in [0.1, 0.15) is 6.42 Å². The van der Waals surface area contributed by atoms with Crippen molar-refractivity contribution in [2.75, 3.05) is 31.7 Å². The molecular weight excluding hydrogens is 412 g/mol. The fraction of sp³-hybridized carbons (Fsp3) is 0.300. The second-order valence-corrected chi connectivity index (χ2v) is 7.03. The number of carbonyl (C=O) groups is 2. The fourth-order valence-corrected chi connectivity index (χ4v) is 3.44. The van der Waals surface area contributed by atoms with Crippen LogP contribution in [0.4, 0.5) is 5.69 Å². The van der Waals surface area contributed by atoms with E-state index in [2.05, 4.69) is 21.2 Å². The molecule has 0 spiro atoms. The Bertz CT molecular complexity index is 810. The van der Waals surface area contributed by atoms with Gasteiger partial charge in [0.25, 0.3) is 0 Å². The van der Waals surface area contributed by atoms with E-state index in [1.807, 2.05) is 48.5 Å². The maximum atomic E-state index is 12.4. The molecular formula is C20H21BrN2O4. The van der Waals surface area contributed by atoms with Crippen molar-refractivity contribution in [1.29, 1.82) is 0 Å². The first-order valence-corrected chi connectivity index (χ1v) is 9.47. The number of para-hydroxylation sites is 1. The zero-order chi connectivity index (χ0) is 19.2. The van der Waals surface area contributed by atoms with E-state index in [0.29, 0.717) is 25.4 Å². The van der Waals surface area contributed by atoms with Gasteiger partial charge in [-0.2, -0.15) is 0 Å². The quantitative estimate of drug-likeness (QED) is 0.682. The lowest BCUT2D eigenvalue weighted by molar-refractivity contribution is -0.126. The van der Waals surface area contributed by atoms with Crippen LogP contribution in [-0.2, 0) is 9.59 Å². The van der Waals surface area contributed by atoms with Gasteiger partial charge in [-0.15, -0.1) is 0 Å². The third-order valence-electron chi connectivity index (χ3n) is 4.37. The van der Waals surface area contributed by atoms with Crippen LogP contribution in [0.5, 0.6) is 11.5 Å². The van der Waals surface area contributed by atoms with Crippen LogP contribution in [0.2, 0.25) is 0 Å². The number of anilines is 1. The Morgan fingerprint density at radius 3 is 2.59 bits per heavy atom. The molecule has 2 amide bonds. The van der Waals surface area contributed by atoms with Crippen LogP contribution >= 0.6 is 15.9 Å². The lowest BCUT2D eigenvalue weighted by Gasteiger charge is -2.18. The summed E-state index contributed by atoms with van der Waals surface area (Å²) in [6.07, 6.45) is 0.215. The highest BCUT2D eigenvalue weighted by Gasteiger charge is 2.35. The maximum absolute atomic E-state index is 12.4. The van der Waals surface area contributed by atoms with Crippen molar-refractivity contribution in [2.45, 2.75) is 6.42 Å². The summed E-state index contributed by atoms with van der Waals surface area (Å²) in [7, 11) is 1.61. The van der Waals surface area contributed by atoms with Crippen molar-refractivity contribution in [3.8, 4) is 11.5 Å². The Morgan fingerprint density at radius 1 is 1.19 bits per heavy atom. The van der Waals surface area contributed by atoms with Crippen molar-refractivity contribution in [2.24, 2.45) is 5.92 Å². The molecule has 0 radical (unpaired) electrons. The SMILES string of the molecule is COc1ccc(OCCNC(=O)[C@H]2CC(=O)N(c3ccccc3Br)C2)cc1. The standard InChI is InChI=1S/C20H21BrN2O4/c1-26-15-6-8-16(9-7-15)27-11-10-22-20(25)14-12-19(24)23(13-14)18-5-3-2-4-17(18)21/h2-9,14H,10-13H2,1H3,(H,22,25)/t14-/m0/s1. The van der Waals surface area contributed by atoms with E-state index in [1.54, 1.807) is 12.0 Å². The molecule has 1 atom stereocenters. The van der Waals surface area contributed by atoms with Gasteiger partial charge in [0.05, 0.1) is 25.3 Å². The predicted molar refractivity (Wildman–Crippen MR) is 106 cm³/mol. The Kier molecular flexibility index (Phi) is 6.34. The van der Waals surface area contributed by atoms with Gasteiger partial charge in [0.1, 0.15) is 18.1 Å². The van der Waals surface area contributed by atoms with Gasteiger partial charge >= 0.3 is 0 Å². The van der Waals surface area contributed by atoms with Gasteiger partial charge in [0, 0.05) is 17.4 Å². The second kappa shape index (κ2) is 8.90. The minimum absolute atomic E-state index is 0.0449. The van der Waals surface area contributed by atoms with Crippen LogP contribution in [0.3, 0.4) is 0 Å².